The molecule has 4 heteroatoms. The Morgan fingerprint density at radius 1 is 1.32 bits per heavy atom. The van der Waals surface area contributed by atoms with Crippen molar-refractivity contribution in [2.45, 2.75) is 13.3 Å². The largest absolute Gasteiger partial charge is 0.492 e. The maximum Gasteiger partial charge on any atom is 0.339 e. The molecule has 98 valence electrons. The number of aryl methyl sites for hydroxylation is 1. The van der Waals surface area contributed by atoms with E-state index in [0.717, 1.165) is 11.3 Å². The number of nitrogens with zero attached hydrogens (tertiary/aromatic N) is 1. The van der Waals surface area contributed by atoms with Crippen molar-refractivity contribution in [3.8, 4) is 5.75 Å². The van der Waals surface area contributed by atoms with E-state index in [2.05, 4.69) is 4.98 Å². The van der Waals surface area contributed by atoms with E-state index in [1.165, 1.54) is 0 Å². The number of carboxylic acids is 1. The van der Waals surface area contributed by atoms with Gasteiger partial charge in [-0.15, -0.1) is 0 Å². The van der Waals surface area contributed by atoms with Crippen molar-refractivity contribution in [1.82, 2.24) is 4.98 Å². The highest BCUT2D eigenvalue weighted by Crippen LogP contribution is 2.20. The van der Waals surface area contributed by atoms with Crippen molar-refractivity contribution in [3.63, 3.8) is 0 Å². The zero-order valence-corrected chi connectivity index (χ0v) is 10.7. The molecule has 1 aromatic carbocycles. The number of carboxylic acid groups (broad SMARTS) is 1. The average Bonchev–Trinajstić information content (AvgIpc) is 2.41. The minimum atomic E-state index is -0.975. The molecule has 0 aliphatic rings. The number of pyridine rings is 1. The lowest BCUT2D eigenvalue weighted by atomic mass is 10.1. The number of hydrogen-bond acceptors (Lipinski definition) is 3. The van der Waals surface area contributed by atoms with Gasteiger partial charge in [-0.3, -0.25) is 4.98 Å². The molecule has 19 heavy (non-hydrogen) atoms. The number of ether oxygens (including phenoxy) is 1. The van der Waals surface area contributed by atoms with Crippen LogP contribution < -0.4 is 4.74 Å². The summed E-state index contributed by atoms with van der Waals surface area (Å²) < 4.78 is 5.54. The van der Waals surface area contributed by atoms with E-state index < -0.39 is 5.97 Å². The lowest BCUT2D eigenvalue weighted by Crippen LogP contribution is -2.07. The van der Waals surface area contributed by atoms with Gasteiger partial charge >= 0.3 is 5.97 Å². The molecule has 1 aromatic heterocycles. The Hall–Kier alpha value is -2.36. The normalized spacial score (nSPS) is 10.2. The molecule has 0 atom stereocenters. The first kappa shape index (κ1) is 13.1. The Kier molecular flexibility index (Phi) is 4.13. The van der Waals surface area contributed by atoms with Gasteiger partial charge in [0, 0.05) is 18.3 Å². The van der Waals surface area contributed by atoms with Gasteiger partial charge in [-0.2, -0.15) is 0 Å². The molecule has 0 unspecified atom stereocenters. The smallest absolute Gasteiger partial charge is 0.339 e. The molecule has 0 saturated carbocycles. The van der Waals surface area contributed by atoms with Crippen LogP contribution in [0.3, 0.4) is 0 Å². The van der Waals surface area contributed by atoms with Gasteiger partial charge in [0.05, 0.1) is 6.61 Å². The van der Waals surface area contributed by atoms with Gasteiger partial charge in [0.2, 0.25) is 0 Å². The number of carbonyl (C=O) groups is 1. The molecule has 0 fully saturated rings. The van der Waals surface area contributed by atoms with E-state index in [1.54, 1.807) is 18.3 Å². The summed E-state index contributed by atoms with van der Waals surface area (Å²) in [6.45, 7) is 2.25. The number of rotatable bonds is 5. The fourth-order valence-corrected chi connectivity index (χ4v) is 1.75. The maximum atomic E-state index is 11.1. The molecular formula is C15H15NO3. The Balaban J connectivity index is 2.02. The SMILES string of the molecule is Cc1ccc(OCCc2ccccn2)c(C(=O)O)c1. The summed E-state index contributed by atoms with van der Waals surface area (Å²) in [5.74, 6) is -0.578. The molecule has 0 spiro atoms. The standard InChI is InChI=1S/C15H15NO3/c1-11-5-6-14(13(10-11)15(17)18)19-9-7-12-4-2-3-8-16-12/h2-6,8,10H,7,9H2,1H3,(H,17,18). The van der Waals surface area contributed by atoms with E-state index in [9.17, 15) is 4.79 Å². The lowest BCUT2D eigenvalue weighted by molar-refractivity contribution is 0.0692. The van der Waals surface area contributed by atoms with Crippen LogP contribution in [0.2, 0.25) is 0 Å². The van der Waals surface area contributed by atoms with Crippen molar-refractivity contribution in [2.24, 2.45) is 0 Å². The second-order valence-electron chi connectivity index (χ2n) is 4.22. The number of benzene rings is 1. The quantitative estimate of drug-likeness (QED) is 0.894. The van der Waals surface area contributed by atoms with Gasteiger partial charge in [0.15, 0.2) is 0 Å². The Bertz CT molecular complexity index is 567. The van der Waals surface area contributed by atoms with Crippen LogP contribution in [0, 0.1) is 6.92 Å². The van der Waals surface area contributed by atoms with Gasteiger partial charge < -0.3 is 9.84 Å². The molecular weight excluding hydrogens is 242 g/mol. The summed E-state index contributed by atoms with van der Waals surface area (Å²) in [5.41, 5.74) is 2.02. The van der Waals surface area contributed by atoms with Crippen LogP contribution in [0.5, 0.6) is 5.75 Å². The first-order valence-electron chi connectivity index (χ1n) is 6.03. The van der Waals surface area contributed by atoms with E-state index in [0.29, 0.717) is 18.8 Å². The van der Waals surface area contributed by atoms with E-state index in [4.69, 9.17) is 9.84 Å². The average molecular weight is 257 g/mol. The summed E-state index contributed by atoms with van der Waals surface area (Å²) >= 11 is 0. The number of hydrogen-bond donors (Lipinski definition) is 1. The Morgan fingerprint density at radius 3 is 2.84 bits per heavy atom. The highest BCUT2D eigenvalue weighted by molar-refractivity contribution is 5.91. The third-order valence-corrected chi connectivity index (χ3v) is 2.71. The third kappa shape index (κ3) is 3.55. The molecule has 0 amide bonds. The molecule has 0 aliphatic carbocycles. The highest BCUT2D eigenvalue weighted by Gasteiger charge is 2.11. The molecule has 1 heterocycles. The van der Waals surface area contributed by atoms with Gasteiger partial charge in [-0.05, 0) is 31.2 Å². The monoisotopic (exact) mass is 257 g/mol. The second kappa shape index (κ2) is 6.00. The molecule has 0 saturated heterocycles. The van der Waals surface area contributed by atoms with Gasteiger partial charge in [0.1, 0.15) is 11.3 Å². The minimum absolute atomic E-state index is 0.195. The topological polar surface area (TPSA) is 59.4 Å². The summed E-state index contributed by atoms with van der Waals surface area (Å²) in [6.07, 6.45) is 2.37. The first-order valence-corrected chi connectivity index (χ1v) is 6.03. The van der Waals surface area contributed by atoms with Crippen LogP contribution in [0.15, 0.2) is 42.6 Å². The van der Waals surface area contributed by atoms with E-state index >= 15 is 0 Å². The predicted molar refractivity (Wildman–Crippen MR) is 71.6 cm³/mol. The Labute approximate surface area is 111 Å². The summed E-state index contributed by atoms with van der Waals surface area (Å²) in [7, 11) is 0. The highest BCUT2D eigenvalue weighted by atomic mass is 16.5. The number of aromatic nitrogens is 1. The molecule has 2 rings (SSSR count). The zero-order valence-electron chi connectivity index (χ0n) is 10.7. The summed E-state index contributed by atoms with van der Waals surface area (Å²) in [4.78, 5) is 15.3. The van der Waals surface area contributed by atoms with Crippen LogP contribution in [0.4, 0.5) is 0 Å². The second-order valence-corrected chi connectivity index (χ2v) is 4.22. The van der Waals surface area contributed by atoms with Crippen LogP contribution in [-0.2, 0) is 6.42 Å². The van der Waals surface area contributed by atoms with Crippen molar-refractivity contribution in [1.29, 1.82) is 0 Å². The van der Waals surface area contributed by atoms with E-state index in [-0.39, 0.29) is 5.56 Å². The van der Waals surface area contributed by atoms with Crippen LogP contribution in [-0.4, -0.2) is 22.7 Å². The van der Waals surface area contributed by atoms with Crippen molar-refractivity contribution < 1.29 is 14.6 Å². The van der Waals surface area contributed by atoms with Gasteiger partial charge in [-0.1, -0.05) is 17.7 Å². The molecule has 2 aromatic rings. The van der Waals surface area contributed by atoms with Crippen LogP contribution in [0.25, 0.3) is 0 Å². The van der Waals surface area contributed by atoms with Crippen molar-refractivity contribution in [2.75, 3.05) is 6.61 Å². The maximum absolute atomic E-state index is 11.1. The molecule has 0 bridgehead atoms. The lowest BCUT2D eigenvalue weighted by Gasteiger charge is -2.09. The molecule has 0 aliphatic heterocycles. The van der Waals surface area contributed by atoms with Gasteiger partial charge in [0.25, 0.3) is 0 Å². The molecule has 4 nitrogen and oxygen atoms in total. The summed E-state index contributed by atoms with van der Waals surface area (Å²) in [5, 5.41) is 9.11. The number of aromatic carboxylic acids is 1. The van der Waals surface area contributed by atoms with Crippen molar-refractivity contribution in [3.05, 3.63) is 59.4 Å². The molecule has 1 N–H and O–H groups in total. The van der Waals surface area contributed by atoms with Crippen LogP contribution in [0.1, 0.15) is 21.6 Å². The van der Waals surface area contributed by atoms with Crippen LogP contribution >= 0.6 is 0 Å². The minimum Gasteiger partial charge on any atom is -0.492 e. The fraction of sp³-hybridized carbons (Fsp3) is 0.200. The third-order valence-electron chi connectivity index (χ3n) is 2.71. The first-order chi connectivity index (χ1) is 9.16. The van der Waals surface area contributed by atoms with E-state index in [1.807, 2.05) is 31.2 Å². The Morgan fingerprint density at radius 2 is 2.16 bits per heavy atom. The predicted octanol–water partition coefficient (Wildman–Crippen LogP) is 2.71. The van der Waals surface area contributed by atoms with Crippen molar-refractivity contribution >= 4 is 5.97 Å². The molecule has 0 radical (unpaired) electrons. The van der Waals surface area contributed by atoms with Gasteiger partial charge in [-0.25, -0.2) is 4.79 Å². The summed E-state index contributed by atoms with van der Waals surface area (Å²) in [6, 6.07) is 10.8. The zero-order chi connectivity index (χ0) is 13.7. The fourth-order valence-electron chi connectivity index (χ4n) is 1.75.